The molecule has 0 saturated carbocycles. The van der Waals surface area contributed by atoms with Gasteiger partial charge in [0.05, 0.1) is 0 Å². The van der Waals surface area contributed by atoms with Gasteiger partial charge in [-0.05, 0) is 42.7 Å². The first kappa shape index (κ1) is 13.7. The second kappa shape index (κ2) is 4.77. The molecule has 0 aliphatic carbocycles. The Morgan fingerprint density at radius 1 is 1.11 bits per heavy atom. The normalized spacial score (nSPS) is 11.6. The molecule has 1 N–H and O–H groups in total. The van der Waals surface area contributed by atoms with Crippen molar-refractivity contribution >= 4 is 12.2 Å². The topological polar surface area (TPSA) is 28.7 Å². The summed E-state index contributed by atoms with van der Waals surface area (Å²) in [5.41, 5.74) is 3.05. The molecule has 0 atom stereocenters. The van der Waals surface area contributed by atoms with Gasteiger partial charge in [-0.1, -0.05) is 24.4 Å². The second-order valence-electron chi connectivity index (χ2n) is 4.28. The predicted molar refractivity (Wildman–Crippen MR) is 69.3 cm³/mol. The molecule has 0 spiro atoms. The van der Waals surface area contributed by atoms with Crippen molar-refractivity contribution in [3.8, 4) is 11.3 Å². The van der Waals surface area contributed by atoms with E-state index in [1.165, 1.54) is 6.07 Å². The highest BCUT2D eigenvalue weighted by Gasteiger charge is 2.34. The van der Waals surface area contributed by atoms with Crippen LogP contribution in [0.2, 0.25) is 0 Å². The zero-order valence-electron chi connectivity index (χ0n) is 10.3. The minimum Gasteiger partial charge on any atom is -0.336 e. The van der Waals surface area contributed by atoms with E-state index in [-0.39, 0.29) is 4.64 Å². The molecule has 1 aromatic carbocycles. The Kier molecular flexibility index (Phi) is 3.45. The standard InChI is InChI=1S/C13H11F3N2S/c1-7-3-4-9(5-8(7)2)10-6-11(19)18-12(17-10)13(14,15)16/h3-6H,1-2H3,(H,17,18,19). The van der Waals surface area contributed by atoms with Gasteiger partial charge in [0.15, 0.2) is 0 Å². The maximum atomic E-state index is 12.7. The van der Waals surface area contributed by atoms with Gasteiger partial charge >= 0.3 is 6.18 Å². The molecule has 2 nitrogen and oxygen atoms in total. The van der Waals surface area contributed by atoms with Crippen LogP contribution in [0.25, 0.3) is 11.3 Å². The lowest BCUT2D eigenvalue weighted by Crippen LogP contribution is -2.11. The number of alkyl halides is 3. The third-order valence-corrected chi connectivity index (χ3v) is 3.04. The quantitative estimate of drug-likeness (QED) is 0.784. The Balaban J connectivity index is 2.59. The number of aryl methyl sites for hydroxylation is 2. The number of rotatable bonds is 1. The fraction of sp³-hybridized carbons (Fsp3) is 0.231. The monoisotopic (exact) mass is 284 g/mol. The lowest BCUT2D eigenvalue weighted by atomic mass is 10.0. The molecular weight excluding hydrogens is 273 g/mol. The van der Waals surface area contributed by atoms with Crippen LogP contribution < -0.4 is 0 Å². The van der Waals surface area contributed by atoms with Gasteiger partial charge in [-0.3, -0.25) is 0 Å². The summed E-state index contributed by atoms with van der Waals surface area (Å²) in [6.45, 7) is 3.84. The number of benzene rings is 1. The summed E-state index contributed by atoms with van der Waals surface area (Å²) in [6.07, 6.45) is -4.54. The van der Waals surface area contributed by atoms with Gasteiger partial charge in [-0.25, -0.2) is 4.98 Å². The molecule has 0 radical (unpaired) electrons. The molecule has 1 heterocycles. The third-order valence-electron chi connectivity index (χ3n) is 2.83. The first-order valence-corrected chi connectivity index (χ1v) is 5.94. The van der Waals surface area contributed by atoms with Crippen molar-refractivity contribution in [2.75, 3.05) is 0 Å². The average molecular weight is 284 g/mol. The SMILES string of the molecule is Cc1ccc(-c2cc(=S)nc(C(F)(F)F)[nH]2)cc1C. The van der Waals surface area contributed by atoms with Crippen LogP contribution in [0.4, 0.5) is 13.2 Å². The average Bonchev–Trinajstić information content (AvgIpc) is 2.31. The van der Waals surface area contributed by atoms with Crippen molar-refractivity contribution in [1.82, 2.24) is 9.97 Å². The lowest BCUT2D eigenvalue weighted by molar-refractivity contribution is -0.144. The van der Waals surface area contributed by atoms with E-state index in [1.54, 1.807) is 6.07 Å². The number of nitrogens with zero attached hydrogens (tertiary/aromatic N) is 1. The van der Waals surface area contributed by atoms with Crippen LogP contribution in [0.1, 0.15) is 17.0 Å². The summed E-state index contributed by atoms with van der Waals surface area (Å²) < 4.78 is 37.9. The van der Waals surface area contributed by atoms with Crippen LogP contribution in [0.5, 0.6) is 0 Å². The fourth-order valence-electron chi connectivity index (χ4n) is 1.66. The summed E-state index contributed by atoms with van der Waals surface area (Å²) in [5.74, 6) is -1.08. The Morgan fingerprint density at radius 2 is 1.79 bits per heavy atom. The summed E-state index contributed by atoms with van der Waals surface area (Å²) in [4.78, 5) is 5.59. The lowest BCUT2D eigenvalue weighted by Gasteiger charge is -2.10. The van der Waals surface area contributed by atoms with E-state index in [0.29, 0.717) is 11.3 Å². The number of H-pyrrole nitrogens is 1. The molecule has 0 bridgehead atoms. The van der Waals surface area contributed by atoms with Gasteiger partial charge in [0.25, 0.3) is 0 Å². The van der Waals surface area contributed by atoms with E-state index in [9.17, 15) is 13.2 Å². The molecule has 0 unspecified atom stereocenters. The van der Waals surface area contributed by atoms with E-state index >= 15 is 0 Å². The van der Waals surface area contributed by atoms with Crippen molar-refractivity contribution in [2.24, 2.45) is 0 Å². The van der Waals surface area contributed by atoms with E-state index in [1.807, 2.05) is 26.0 Å². The molecule has 0 fully saturated rings. The van der Waals surface area contributed by atoms with Gasteiger partial charge in [0.2, 0.25) is 5.82 Å². The van der Waals surface area contributed by atoms with Gasteiger partial charge in [-0.15, -0.1) is 0 Å². The Bertz CT molecular complexity index is 674. The largest absolute Gasteiger partial charge is 0.449 e. The predicted octanol–water partition coefficient (Wildman–Crippen LogP) is 4.44. The van der Waals surface area contributed by atoms with Crippen molar-refractivity contribution in [2.45, 2.75) is 20.0 Å². The molecule has 2 aromatic rings. The first-order chi connectivity index (χ1) is 8.77. The minimum absolute atomic E-state index is 0.0840. The molecule has 0 aliphatic rings. The highest BCUT2D eigenvalue weighted by atomic mass is 32.1. The van der Waals surface area contributed by atoms with Crippen molar-refractivity contribution in [3.63, 3.8) is 0 Å². The Labute approximate surface area is 113 Å². The first-order valence-electron chi connectivity index (χ1n) is 5.53. The Hall–Kier alpha value is -1.69. The smallest absolute Gasteiger partial charge is 0.336 e. The molecule has 0 saturated heterocycles. The molecule has 6 heteroatoms. The van der Waals surface area contributed by atoms with Crippen molar-refractivity contribution in [1.29, 1.82) is 0 Å². The Morgan fingerprint density at radius 3 is 2.37 bits per heavy atom. The zero-order valence-corrected chi connectivity index (χ0v) is 11.1. The number of hydrogen-bond donors (Lipinski definition) is 1. The maximum absolute atomic E-state index is 12.7. The molecule has 19 heavy (non-hydrogen) atoms. The van der Waals surface area contributed by atoms with Crippen LogP contribution in [-0.4, -0.2) is 9.97 Å². The zero-order chi connectivity index (χ0) is 14.2. The van der Waals surface area contributed by atoms with Gasteiger partial charge in [-0.2, -0.15) is 13.2 Å². The van der Waals surface area contributed by atoms with Gasteiger partial charge in [0, 0.05) is 5.69 Å². The van der Waals surface area contributed by atoms with E-state index in [0.717, 1.165) is 11.1 Å². The number of aromatic amines is 1. The highest BCUT2D eigenvalue weighted by Crippen LogP contribution is 2.28. The summed E-state index contributed by atoms with van der Waals surface area (Å²) in [6, 6.07) is 6.85. The van der Waals surface area contributed by atoms with Gasteiger partial charge in [0.1, 0.15) is 4.64 Å². The maximum Gasteiger partial charge on any atom is 0.449 e. The molecular formula is C13H11F3N2S. The minimum atomic E-state index is -4.54. The number of aromatic nitrogens is 2. The molecule has 2 rings (SSSR count). The van der Waals surface area contributed by atoms with Crippen LogP contribution in [0, 0.1) is 18.5 Å². The summed E-state index contributed by atoms with van der Waals surface area (Å²) in [5, 5.41) is 0. The van der Waals surface area contributed by atoms with E-state index in [2.05, 4.69) is 9.97 Å². The number of halogens is 3. The number of nitrogens with one attached hydrogen (secondary N) is 1. The number of hydrogen-bond acceptors (Lipinski definition) is 2. The second-order valence-corrected chi connectivity index (χ2v) is 4.70. The van der Waals surface area contributed by atoms with Gasteiger partial charge < -0.3 is 4.98 Å². The third kappa shape index (κ3) is 3.01. The highest BCUT2D eigenvalue weighted by molar-refractivity contribution is 7.71. The van der Waals surface area contributed by atoms with E-state index in [4.69, 9.17) is 12.2 Å². The summed E-state index contributed by atoms with van der Waals surface area (Å²) >= 11 is 4.78. The summed E-state index contributed by atoms with van der Waals surface area (Å²) in [7, 11) is 0. The van der Waals surface area contributed by atoms with Crippen LogP contribution >= 0.6 is 12.2 Å². The molecule has 0 aliphatic heterocycles. The molecule has 1 aromatic heterocycles. The molecule has 0 amide bonds. The van der Waals surface area contributed by atoms with E-state index < -0.39 is 12.0 Å². The van der Waals surface area contributed by atoms with Crippen molar-refractivity contribution < 1.29 is 13.2 Å². The molecule has 100 valence electrons. The van der Waals surface area contributed by atoms with Crippen LogP contribution in [0.15, 0.2) is 24.3 Å². The van der Waals surface area contributed by atoms with Crippen LogP contribution in [0.3, 0.4) is 0 Å². The van der Waals surface area contributed by atoms with Crippen LogP contribution in [-0.2, 0) is 6.18 Å². The van der Waals surface area contributed by atoms with Crippen molar-refractivity contribution in [3.05, 3.63) is 45.9 Å². The fourth-order valence-corrected chi connectivity index (χ4v) is 1.87.